The van der Waals surface area contributed by atoms with Crippen molar-refractivity contribution >= 4 is 120 Å². The third kappa shape index (κ3) is 7.61. The van der Waals surface area contributed by atoms with E-state index in [1.54, 1.807) is 45.3 Å². The van der Waals surface area contributed by atoms with E-state index in [1.807, 2.05) is 29.5 Å². The number of thiophene rings is 2. The van der Waals surface area contributed by atoms with E-state index in [-0.39, 0.29) is 0 Å². The first-order chi connectivity index (χ1) is 26.1. The van der Waals surface area contributed by atoms with Crippen molar-refractivity contribution in [2.24, 2.45) is 0 Å². The number of nitrogens with one attached hydrogen (secondary N) is 3. The van der Waals surface area contributed by atoms with Crippen LogP contribution >= 0.6 is 45.3 Å². The average molecular weight is 771 g/mol. The lowest BCUT2D eigenvalue weighted by Crippen LogP contribution is -2.18. The van der Waals surface area contributed by atoms with Crippen LogP contribution in [-0.2, 0) is 0 Å². The Morgan fingerprint density at radius 2 is 1.21 bits per heavy atom. The standard InChI is InChI=1S/C21H20N4S2.C20H18N4S2/c1-25-9-2-3-14(7-10-25)20-12-16-17(6-8-22-21(16)27-20)24-15-4-5-19-18(11-15)23-13-26-19;1-2-13(5-8-21-7-1)19-11-15-16(6-9-22-20(15)26-19)24-14-3-4-18-17(10-14)23-12-25-18/h3-6,8,11-13H,2,7,9-10H2,1H3,(H,22,24);2-4,6,9-12,21H,1,5,7-8H2,(H,22,24). The summed E-state index contributed by atoms with van der Waals surface area (Å²) >= 11 is 6.91. The molecule has 0 atom stereocenters. The number of nitrogens with zero attached hydrogens (tertiary/aromatic N) is 5. The van der Waals surface area contributed by atoms with Gasteiger partial charge >= 0.3 is 0 Å². The monoisotopic (exact) mass is 770 g/mol. The highest BCUT2D eigenvalue weighted by Crippen LogP contribution is 2.38. The maximum Gasteiger partial charge on any atom is 0.125 e. The molecule has 0 bridgehead atoms. The van der Waals surface area contributed by atoms with Gasteiger partial charge in [-0.3, -0.25) is 0 Å². The van der Waals surface area contributed by atoms with Crippen molar-refractivity contribution in [3.05, 3.63) is 106 Å². The highest BCUT2D eigenvalue weighted by Gasteiger charge is 2.15. The molecule has 6 aromatic heterocycles. The van der Waals surface area contributed by atoms with Crippen LogP contribution < -0.4 is 16.0 Å². The number of rotatable bonds is 6. The Bertz CT molecular complexity index is 2610. The topological polar surface area (TPSA) is 90.9 Å². The Morgan fingerprint density at radius 1 is 0.623 bits per heavy atom. The molecule has 3 N–H and O–H groups in total. The van der Waals surface area contributed by atoms with E-state index in [9.17, 15) is 0 Å². The van der Waals surface area contributed by atoms with E-state index in [0.717, 1.165) is 95.3 Å². The predicted octanol–water partition coefficient (Wildman–Crippen LogP) is 11.2. The van der Waals surface area contributed by atoms with Gasteiger partial charge in [-0.2, -0.15) is 0 Å². The molecule has 12 heteroatoms. The molecule has 2 aromatic carbocycles. The fraction of sp³-hybridized carbons (Fsp3) is 0.220. The first-order valence-electron chi connectivity index (χ1n) is 17.9. The number of hydrogen-bond acceptors (Lipinski definition) is 12. The summed E-state index contributed by atoms with van der Waals surface area (Å²) in [5, 5.41) is 13.0. The molecule has 8 nitrogen and oxygen atoms in total. The van der Waals surface area contributed by atoms with Crippen LogP contribution in [0.5, 0.6) is 0 Å². The smallest absolute Gasteiger partial charge is 0.125 e. The van der Waals surface area contributed by atoms with Crippen LogP contribution in [0.2, 0.25) is 0 Å². The van der Waals surface area contributed by atoms with Gasteiger partial charge in [0.2, 0.25) is 0 Å². The molecule has 0 fully saturated rings. The highest BCUT2D eigenvalue weighted by atomic mass is 32.1. The van der Waals surface area contributed by atoms with Crippen molar-refractivity contribution in [3.8, 4) is 0 Å². The van der Waals surface area contributed by atoms with E-state index in [1.165, 1.54) is 41.1 Å². The number of hydrogen-bond donors (Lipinski definition) is 3. The van der Waals surface area contributed by atoms with Crippen LogP contribution in [0.1, 0.15) is 35.4 Å². The van der Waals surface area contributed by atoms with Crippen molar-refractivity contribution in [1.82, 2.24) is 30.2 Å². The number of aromatic nitrogens is 4. The van der Waals surface area contributed by atoms with Crippen LogP contribution in [-0.4, -0.2) is 58.1 Å². The molecule has 0 saturated carbocycles. The molecule has 8 aromatic rings. The van der Waals surface area contributed by atoms with Gasteiger partial charge in [0.05, 0.1) is 42.8 Å². The lowest BCUT2D eigenvalue weighted by atomic mass is 10.1. The van der Waals surface area contributed by atoms with Crippen molar-refractivity contribution in [2.45, 2.75) is 25.7 Å². The molecular formula is C41H38N8S4. The summed E-state index contributed by atoms with van der Waals surface area (Å²) in [6, 6.07) is 21.4. The average Bonchev–Trinajstić information content (AvgIpc) is 3.96. The number of anilines is 4. The third-order valence-corrected chi connectivity index (χ3v) is 13.5. The number of benzene rings is 2. The lowest BCUT2D eigenvalue weighted by molar-refractivity contribution is 0.355. The number of fused-ring (bicyclic) bond motifs is 4. The zero-order chi connectivity index (χ0) is 35.6. The molecule has 0 spiro atoms. The molecule has 2 aliphatic heterocycles. The van der Waals surface area contributed by atoms with E-state index in [2.05, 4.69) is 115 Å². The maximum absolute atomic E-state index is 4.61. The summed E-state index contributed by atoms with van der Waals surface area (Å²) < 4.78 is 2.42. The van der Waals surface area contributed by atoms with Gasteiger partial charge < -0.3 is 20.9 Å². The van der Waals surface area contributed by atoms with Gasteiger partial charge in [-0.1, -0.05) is 12.2 Å². The zero-order valence-electron chi connectivity index (χ0n) is 29.3. The Kier molecular flexibility index (Phi) is 9.96. The molecule has 0 saturated heterocycles. The second-order valence-electron chi connectivity index (χ2n) is 13.3. The molecular weight excluding hydrogens is 733 g/mol. The van der Waals surface area contributed by atoms with E-state index >= 15 is 0 Å². The molecule has 2 aliphatic rings. The molecule has 0 radical (unpaired) electrons. The van der Waals surface area contributed by atoms with Gasteiger partial charge in [0.1, 0.15) is 9.66 Å². The normalized spacial score (nSPS) is 15.5. The number of thiazole rings is 2. The van der Waals surface area contributed by atoms with Crippen molar-refractivity contribution in [2.75, 3.05) is 43.9 Å². The molecule has 0 amide bonds. The summed E-state index contributed by atoms with van der Waals surface area (Å²) in [6.45, 7) is 4.37. The van der Waals surface area contributed by atoms with Crippen molar-refractivity contribution in [1.29, 1.82) is 0 Å². The van der Waals surface area contributed by atoms with Crippen LogP contribution in [0.3, 0.4) is 0 Å². The van der Waals surface area contributed by atoms with Gasteiger partial charge in [-0.05, 0) is 118 Å². The summed E-state index contributed by atoms with van der Waals surface area (Å²) in [6.07, 6.45) is 12.9. The Balaban J connectivity index is 0.000000141. The maximum atomic E-state index is 4.61. The Labute approximate surface area is 324 Å². The molecule has 0 unspecified atom stereocenters. The first kappa shape index (κ1) is 34.2. The summed E-state index contributed by atoms with van der Waals surface area (Å²) in [7, 11) is 2.20. The largest absolute Gasteiger partial charge is 0.355 e. The van der Waals surface area contributed by atoms with Gasteiger partial charge in [0.25, 0.3) is 0 Å². The van der Waals surface area contributed by atoms with E-state index in [4.69, 9.17) is 0 Å². The number of pyridine rings is 2. The molecule has 266 valence electrons. The van der Waals surface area contributed by atoms with E-state index < -0.39 is 0 Å². The SMILES string of the molecule is C1=C(c2cc3c(Nc4ccc5scnc5c4)ccnc3s2)CCNCC1.CN1CCC=C(c2cc3c(Nc4ccc5scnc5c4)ccnc3s2)CC1. The lowest BCUT2D eigenvalue weighted by Gasteiger charge is -2.11. The van der Waals surface area contributed by atoms with Crippen molar-refractivity contribution in [3.63, 3.8) is 0 Å². The minimum Gasteiger partial charge on any atom is -0.355 e. The minimum atomic E-state index is 1.03. The van der Waals surface area contributed by atoms with E-state index in [0.29, 0.717) is 0 Å². The summed E-state index contributed by atoms with van der Waals surface area (Å²) in [5.74, 6) is 0. The first-order valence-corrected chi connectivity index (χ1v) is 21.3. The Morgan fingerprint density at radius 3 is 1.83 bits per heavy atom. The van der Waals surface area contributed by atoms with Gasteiger partial charge in [-0.25, -0.2) is 19.9 Å². The van der Waals surface area contributed by atoms with Crippen LogP contribution in [0.15, 0.2) is 96.2 Å². The van der Waals surface area contributed by atoms with Crippen molar-refractivity contribution < 1.29 is 0 Å². The second kappa shape index (κ2) is 15.4. The quantitative estimate of drug-likeness (QED) is 0.154. The second-order valence-corrected chi connectivity index (χ2v) is 17.1. The Hall–Kier alpha value is -4.56. The van der Waals surface area contributed by atoms with Crippen LogP contribution in [0.4, 0.5) is 22.7 Å². The fourth-order valence-electron chi connectivity index (χ4n) is 6.83. The molecule has 10 rings (SSSR count). The highest BCUT2D eigenvalue weighted by molar-refractivity contribution is 7.20. The summed E-state index contributed by atoms with van der Waals surface area (Å²) in [4.78, 5) is 25.3. The van der Waals surface area contributed by atoms with Crippen LogP contribution in [0.25, 0.3) is 52.0 Å². The fourth-order valence-corrected chi connectivity index (χ4v) is 10.3. The molecule has 53 heavy (non-hydrogen) atoms. The molecule has 8 heterocycles. The van der Waals surface area contributed by atoms with Gasteiger partial charge in [0, 0.05) is 57.4 Å². The summed E-state index contributed by atoms with van der Waals surface area (Å²) in [5.41, 5.74) is 13.1. The minimum absolute atomic E-state index is 1.03. The third-order valence-electron chi connectivity index (χ3n) is 9.67. The predicted molar refractivity (Wildman–Crippen MR) is 230 cm³/mol. The molecule has 0 aliphatic carbocycles. The van der Waals surface area contributed by atoms with Crippen LogP contribution in [0, 0.1) is 0 Å². The zero-order valence-corrected chi connectivity index (χ0v) is 32.5. The van der Waals surface area contributed by atoms with Gasteiger partial charge in [0.15, 0.2) is 0 Å². The van der Waals surface area contributed by atoms with Gasteiger partial charge in [-0.15, -0.1) is 45.3 Å².